The Hall–Kier alpha value is -2.18. The number of ether oxygens (including phenoxy) is 2. The SMILES string of the molecule is CCN1CCN(CC)CCN(CC(=O)O)CCN(CC#CCOC(=O)CCC(NC(=O)c2ccccc2)C(=O)OC)CC1.[CH3-].[CH3-].[CH3-].[Gd]. The molecule has 47 heavy (non-hydrogen) atoms. The first-order valence-electron chi connectivity index (χ1n) is 14.9. The van der Waals surface area contributed by atoms with Crippen LogP contribution < -0.4 is 5.32 Å². The van der Waals surface area contributed by atoms with Gasteiger partial charge >= 0.3 is 17.9 Å². The van der Waals surface area contributed by atoms with Crippen molar-refractivity contribution in [2.24, 2.45) is 0 Å². The van der Waals surface area contributed by atoms with Crippen LogP contribution in [-0.4, -0.2) is 147 Å². The van der Waals surface area contributed by atoms with Gasteiger partial charge in [0.05, 0.1) is 20.2 Å². The molecule has 270 valence electrons. The molecule has 1 atom stereocenters. The maximum atomic E-state index is 12.4. The molecule has 1 heterocycles. The molecule has 1 amide bonds. The van der Waals surface area contributed by atoms with E-state index in [1.807, 2.05) is 4.90 Å². The fourth-order valence-electron chi connectivity index (χ4n) is 4.61. The summed E-state index contributed by atoms with van der Waals surface area (Å²) in [5.74, 6) is 3.50. The van der Waals surface area contributed by atoms with Gasteiger partial charge in [0, 0.05) is 104 Å². The van der Waals surface area contributed by atoms with Crippen molar-refractivity contribution in [2.45, 2.75) is 32.7 Å². The number of carbonyl (C=O) groups is 4. The van der Waals surface area contributed by atoms with E-state index in [-0.39, 0.29) is 88.2 Å². The smallest absolute Gasteiger partial charge is 0.328 e. The van der Waals surface area contributed by atoms with E-state index in [1.54, 1.807) is 30.3 Å². The van der Waals surface area contributed by atoms with Gasteiger partial charge in [-0.25, -0.2) is 4.79 Å². The summed E-state index contributed by atoms with van der Waals surface area (Å²) in [5, 5.41) is 12.0. The summed E-state index contributed by atoms with van der Waals surface area (Å²) < 4.78 is 10.0. The summed E-state index contributed by atoms with van der Waals surface area (Å²) in [5.41, 5.74) is 0.395. The number of carboxylic acids is 1. The standard InChI is InChI=1S/C31H47N5O7.3CH3.Gd/c1-4-33-16-17-34(5-2)19-22-36(25-28(37)38)23-21-35(20-18-33)15-9-10-24-43-29(39)14-13-27(31(41)42-3)32-30(40)26-11-7-6-8-12-26;;;;/h6-8,11-12,27H,4-5,13-25H2,1-3H3,(H,32,40)(H,37,38);3*1H3;/q;3*-1;. The van der Waals surface area contributed by atoms with Gasteiger partial charge in [-0.05, 0) is 31.6 Å². The molecule has 0 radical (unpaired) electrons. The van der Waals surface area contributed by atoms with E-state index in [9.17, 15) is 24.3 Å². The zero-order valence-electron chi connectivity index (χ0n) is 29.1. The Kier molecular flexibility index (Phi) is 30.2. The predicted octanol–water partition coefficient (Wildman–Crippen LogP) is 1.98. The summed E-state index contributed by atoms with van der Waals surface area (Å²) in [7, 11) is 1.22. The number of esters is 2. The zero-order valence-corrected chi connectivity index (χ0v) is 31.4. The van der Waals surface area contributed by atoms with E-state index in [0.717, 1.165) is 45.8 Å². The van der Waals surface area contributed by atoms with Gasteiger partial charge in [0.25, 0.3) is 5.91 Å². The van der Waals surface area contributed by atoms with Crippen LogP contribution in [0.2, 0.25) is 0 Å². The van der Waals surface area contributed by atoms with Crippen LogP contribution in [0.25, 0.3) is 0 Å². The van der Waals surface area contributed by atoms with Crippen molar-refractivity contribution in [3.05, 3.63) is 58.2 Å². The monoisotopic (exact) mass is 804 g/mol. The molecule has 0 spiro atoms. The van der Waals surface area contributed by atoms with E-state index >= 15 is 0 Å². The number of benzene rings is 1. The first kappa shape index (κ1) is 49.2. The molecule has 2 N–H and O–H groups in total. The summed E-state index contributed by atoms with van der Waals surface area (Å²) in [4.78, 5) is 57.2. The number of nitrogens with one attached hydrogen (secondary N) is 1. The Morgan fingerprint density at radius 3 is 1.83 bits per heavy atom. The van der Waals surface area contributed by atoms with Crippen LogP contribution in [0.5, 0.6) is 0 Å². The summed E-state index contributed by atoms with van der Waals surface area (Å²) in [6.07, 6.45) is -0.0631. The van der Waals surface area contributed by atoms with Crippen molar-refractivity contribution in [3.8, 4) is 11.8 Å². The van der Waals surface area contributed by atoms with E-state index in [4.69, 9.17) is 9.47 Å². The van der Waals surface area contributed by atoms with Crippen LogP contribution in [0.1, 0.15) is 37.0 Å². The summed E-state index contributed by atoms with van der Waals surface area (Å²) in [6.45, 7) is 12.9. The van der Waals surface area contributed by atoms with E-state index in [0.29, 0.717) is 31.7 Å². The average Bonchev–Trinajstić information content (AvgIpc) is 3.01. The van der Waals surface area contributed by atoms with Gasteiger partial charge in [-0.3, -0.25) is 24.2 Å². The van der Waals surface area contributed by atoms with Crippen molar-refractivity contribution in [1.82, 2.24) is 24.9 Å². The molecule has 0 saturated carbocycles. The number of aliphatic carboxylic acids is 1. The molecule has 2 rings (SSSR count). The molecule has 0 aliphatic carbocycles. The quantitative estimate of drug-likeness (QED) is 0.183. The van der Waals surface area contributed by atoms with Crippen LogP contribution in [0.15, 0.2) is 30.3 Å². The number of methoxy groups -OCH3 is 1. The van der Waals surface area contributed by atoms with E-state index in [1.165, 1.54) is 7.11 Å². The third kappa shape index (κ3) is 20.7. The normalized spacial score (nSPS) is 15.5. The second kappa shape index (κ2) is 28.8. The van der Waals surface area contributed by atoms with Crippen LogP contribution in [0, 0.1) is 74.1 Å². The van der Waals surface area contributed by atoms with E-state index in [2.05, 4.69) is 45.7 Å². The molecule has 1 aromatic rings. The number of carbonyl (C=O) groups excluding carboxylic acids is 3. The van der Waals surface area contributed by atoms with Gasteiger partial charge in [0.2, 0.25) is 0 Å². The third-order valence-electron chi connectivity index (χ3n) is 7.38. The van der Waals surface area contributed by atoms with Gasteiger partial charge in [-0.15, -0.1) is 0 Å². The molecule has 13 heteroatoms. The van der Waals surface area contributed by atoms with Gasteiger partial charge in [0.1, 0.15) is 6.04 Å². The zero-order chi connectivity index (χ0) is 31.5. The van der Waals surface area contributed by atoms with Crippen LogP contribution in [0.4, 0.5) is 0 Å². The molecule has 12 nitrogen and oxygen atoms in total. The second-order valence-corrected chi connectivity index (χ2v) is 10.3. The Balaban J connectivity index is -0.00000484. The number of carboxylic acid groups (broad SMARTS) is 1. The predicted molar refractivity (Wildman–Crippen MR) is 182 cm³/mol. The van der Waals surface area contributed by atoms with Crippen LogP contribution in [0.3, 0.4) is 0 Å². The summed E-state index contributed by atoms with van der Waals surface area (Å²) in [6, 6.07) is 7.48. The van der Waals surface area contributed by atoms with Gasteiger partial charge in [0.15, 0.2) is 6.61 Å². The molecule has 1 saturated heterocycles. The minimum absolute atomic E-state index is 0. The Labute approximate surface area is 315 Å². The summed E-state index contributed by atoms with van der Waals surface area (Å²) >= 11 is 0. The van der Waals surface area contributed by atoms with Crippen molar-refractivity contribution >= 4 is 23.8 Å². The molecule has 1 unspecified atom stereocenters. The molecular formula is C34H56GdN5O7-3. The van der Waals surface area contributed by atoms with Gasteiger partial charge in [-0.1, -0.05) is 43.9 Å². The average molecular weight is 804 g/mol. The molecular weight excluding hydrogens is 748 g/mol. The topological polar surface area (TPSA) is 132 Å². The van der Waals surface area contributed by atoms with Gasteiger partial charge < -0.3 is 52.0 Å². The molecule has 0 aromatic heterocycles. The minimum Gasteiger partial charge on any atom is -0.480 e. The van der Waals surface area contributed by atoms with E-state index < -0.39 is 29.9 Å². The van der Waals surface area contributed by atoms with Crippen molar-refractivity contribution < 1.29 is 73.7 Å². The first-order valence-corrected chi connectivity index (χ1v) is 14.9. The molecule has 1 aliphatic rings. The van der Waals surface area contributed by atoms with Crippen molar-refractivity contribution in [3.63, 3.8) is 0 Å². The third-order valence-corrected chi connectivity index (χ3v) is 7.38. The Morgan fingerprint density at radius 1 is 0.830 bits per heavy atom. The molecule has 0 bridgehead atoms. The maximum Gasteiger partial charge on any atom is 0.328 e. The number of amides is 1. The molecule has 1 fully saturated rings. The Bertz CT molecular complexity index is 1080. The first-order chi connectivity index (χ1) is 20.7. The fourth-order valence-corrected chi connectivity index (χ4v) is 4.61. The minimum atomic E-state index is -0.987. The van der Waals surface area contributed by atoms with Crippen LogP contribution >= 0.6 is 0 Å². The fraction of sp³-hybridized carbons (Fsp3) is 0.559. The maximum absolute atomic E-state index is 12.4. The second-order valence-electron chi connectivity index (χ2n) is 10.3. The van der Waals surface area contributed by atoms with Crippen molar-refractivity contribution in [1.29, 1.82) is 0 Å². The molecule has 1 aromatic carbocycles. The van der Waals surface area contributed by atoms with Crippen LogP contribution in [-0.2, 0) is 23.9 Å². The number of likely N-dealkylation sites (N-methyl/N-ethyl adjacent to an activating group) is 2. The number of rotatable bonds is 12. The Morgan fingerprint density at radius 2 is 1.34 bits per heavy atom. The number of hydrogen-bond acceptors (Lipinski definition) is 10. The number of hydrogen-bond donors (Lipinski definition) is 2. The molecule has 1 aliphatic heterocycles. The largest absolute Gasteiger partial charge is 0.480 e. The van der Waals surface area contributed by atoms with Crippen molar-refractivity contribution in [2.75, 3.05) is 92.3 Å². The van der Waals surface area contributed by atoms with Gasteiger partial charge in [-0.2, -0.15) is 0 Å². The number of nitrogens with zero attached hydrogens (tertiary/aromatic N) is 4.